The second kappa shape index (κ2) is 7.80. The van der Waals surface area contributed by atoms with Crippen LogP contribution >= 0.6 is 23.1 Å². The molecule has 29 heavy (non-hydrogen) atoms. The van der Waals surface area contributed by atoms with E-state index in [9.17, 15) is 4.79 Å². The number of imidazole rings is 1. The number of aryl methyl sites for hydroxylation is 1. The van der Waals surface area contributed by atoms with Crippen molar-refractivity contribution >= 4 is 44.9 Å². The maximum Gasteiger partial charge on any atom is 0.233 e. The Hall–Kier alpha value is -2.38. The predicted molar refractivity (Wildman–Crippen MR) is 119 cm³/mol. The molecule has 1 aliphatic heterocycles. The minimum atomic E-state index is 0.124. The highest BCUT2D eigenvalue weighted by atomic mass is 32.2. The summed E-state index contributed by atoms with van der Waals surface area (Å²) in [6.07, 6.45) is 6.18. The van der Waals surface area contributed by atoms with Crippen molar-refractivity contribution in [1.82, 2.24) is 19.3 Å². The Labute approximate surface area is 177 Å². The van der Waals surface area contributed by atoms with E-state index in [1.54, 1.807) is 23.1 Å². The van der Waals surface area contributed by atoms with E-state index in [0.29, 0.717) is 5.75 Å². The molecule has 5 rings (SSSR count). The second-order valence-electron chi connectivity index (χ2n) is 7.46. The molecule has 3 aromatic heterocycles. The molecule has 7 heteroatoms. The molecule has 1 aliphatic rings. The number of aromatic nitrogens is 3. The van der Waals surface area contributed by atoms with E-state index in [1.165, 1.54) is 10.3 Å². The molecular weight excluding hydrogens is 400 g/mol. The quantitative estimate of drug-likeness (QED) is 0.461. The summed E-state index contributed by atoms with van der Waals surface area (Å²) < 4.78 is 3.25. The van der Waals surface area contributed by atoms with E-state index in [0.717, 1.165) is 47.0 Å². The molecule has 0 N–H and O–H groups in total. The second-order valence-corrected chi connectivity index (χ2v) is 9.51. The van der Waals surface area contributed by atoms with Crippen LogP contribution in [0.4, 0.5) is 0 Å². The molecular formula is C22H22N4OS2. The summed E-state index contributed by atoms with van der Waals surface area (Å²) in [6.45, 7) is 2.90. The number of hydrogen-bond acceptors (Lipinski definition) is 5. The fourth-order valence-corrected chi connectivity index (χ4v) is 5.81. The Morgan fingerprint density at radius 3 is 3.00 bits per heavy atom. The molecule has 1 saturated heterocycles. The topological polar surface area (TPSA) is 50.5 Å². The summed E-state index contributed by atoms with van der Waals surface area (Å²) >= 11 is 3.35. The van der Waals surface area contributed by atoms with Crippen LogP contribution in [0, 0.1) is 6.92 Å². The summed E-state index contributed by atoms with van der Waals surface area (Å²) in [5.41, 5.74) is 4.20. The van der Waals surface area contributed by atoms with Gasteiger partial charge in [-0.2, -0.15) is 0 Å². The van der Waals surface area contributed by atoms with Gasteiger partial charge in [0.15, 0.2) is 0 Å². The highest BCUT2D eigenvalue weighted by molar-refractivity contribution is 7.99. The number of para-hydroxylation sites is 1. The Morgan fingerprint density at radius 2 is 2.10 bits per heavy atom. The standard InChI is InChI=1S/C22H22N4OS2/c1-15-8-9-20-23-16(12-25(20)11-15)13-28-14-21(27)26-10-4-6-18(26)22-24-17-5-2-3-7-19(17)29-22/h2-3,5,7-9,11-12,18H,4,6,10,13-14H2,1H3. The maximum absolute atomic E-state index is 12.9. The van der Waals surface area contributed by atoms with Crippen LogP contribution in [0.25, 0.3) is 15.9 Å². The molecule has 1 amide bonds. The van der Waals surface area contributed by atoms with Crippen LogP contribution < -0.4 is 0 Å². The smallest absolute Gasteiger partial charge is 0.233 e. The summed E-state index contributed by atoms with van der Waals surface area (Å²) in [5, 5.41) is 1.07. The maximum atomic E-state index is 12.9. The molecule has 0 aliphatic carbocycles. The van der Waals surface area contributed by atoms with Crippen LogP contribution in [-0.4, -0.2) is 37.5 Å². The van der Waals surface area contributed by atoms with Gasteiger partial charge in [0, 0.05) is 24.7 Å². The molecule has 1 fully saturated rings. The minimum Gasteiger partial charge on any atom is -0.333 e. The van der Waals surface area contributed by atoms with E-state index >= 15 is 0 Å². The molecule has 5 nitrogen and oxygen atoms in total. The molecule has 0 spiro atoms. The third-order valence-corrected chi connectivity index (χ3v) is 7.38. The van der Waals surface area contributed by atoms with Crippen molar-refractivity contribution in [2.24, 2.45) is 0 Å². The van der Waals surface area contributed by atoms with Crippen LogP contribution in [0.5, 0.6) is 0 Å². The van der Waals surface area contributed by atoms with E-state index in [2.05, 4.69) is 40.8 Å². The molecule has 1 aromatic carbocycles. The summed E-state index contributed by atoms with van der Waals surface area (Å²) in [6, 6.07) is 12.4. The van der Waals surface area contributed by atoms with Crippen molar-refractivity contribution in [2.45, 2.75) is 31.6 Å². The van der Waals surface area contributed by atoms with Crippen molar-refractivity contribution in [2.75, 3.05) is 12.3 Å². The van der Waals surface area contributed by atoms with Gasteiger partial charge in [-0.1, -0.05) is 18.2 Å². The van der Waals surface area contributed by atoms with E-state index in [4.69, 9.17) is 4.98 Å². The highest BCUT2D eigenvalue weighted by Crippen LogP contribution is 2.36. The number of fused-ring (bicyclic) bond motifs is 2. The largest absolute Gasteiger partial charge is 0.333 e. The van der Waals surface area contributed by atoms with Gasteiger partial charge in [0.1, 0.15) is 10.7 Å². The molecule has 148 valence electrons. The first-order valence-electron chi connectivity index (χ1n) is 9.84. The molecule has 0 bridgehead atoms. The average molecular weight is 423 g/mol. The van der Waals surface area contributed by atoms with Gasteiger partial charge in [0.2, 0.25) is 5.91 Å². The number of thioether (sulfide) groups is 1. The van der Waals surface area contributed by atoms with Crippen LogP contribution in [0.2, 0.25) is 0 Å². The van der Waals surface area contributed by atoms with Gasteiger partial charge in [-0.15, -0.1) is 23.1 Å². The van der Waals surface area contributed by atoms with Crippen molar-refractivity contribution in [1.29, 1.82) is 0 Å². The van der Waals surface area contributed by atoms with Crippen molar-refractivity contribution in [3.63, 3.8) is 0 Å². The monoisotopic (exact) mass is 422 g/mol. The van der Waals surface area contributed by atoms with E-state index < -0.39 is 0 Å². The zero-order valence-corrected chi connectivity index (χ0v) is 17.9. The Bertz CT molecular complexity index is 1150. The van der Waals surface area contributed by atoms with Gasteiger partial charge in [-0.25, -0.2) is 9.97 Å². The number of pyridine rings is 1. The highest BCUT2D eigenvalue weighted by Gasteiger charge is 2.31. The van der Waals surface area contributed by atoms with Crippen LogP contribution in [0.1, 0.15) is 35.1 Å². The number of carbonyl (C=O) groups is 1. The zero-order valence-electron chi connectivity index (χ0n) is 16.2. The Morgan fingerprint density at radius 1 is 1.21 bits per heavy atom. The van der Waals surface area contributed by atoms with E-state index in [1.807, 2.05) is 29.2 Å². The number of amides is 1. The number of hydrogen-bond donors (Lipinski definition) is 0. The lowest BCUT2D eigenvalue weighted by molar-refractivity contribution is -0.129. The van der Waals surface area contributed by atoms with Crippen molar-refractivity contribution in [3.8, 4) is 0 Å². The van der Waals surface area contributed by atoms with Crippen LogP contribution in [0.3, 0.4) is 0 Å². The van der Waals surface area contributed by atoms with Crippen molar-refractivity contribution in [3.05, 3.63) is 65.1 Å². The fourth-order valence-electron chi connectivity index (χ4n) is 3.91. The van der Waals surface area contributed by atoms with Gasteiger partial charge in [0.05, 0.1) is 27.7 Å². The number of likely N-dealkylation sites (tertiary alicyclic amines) is 1. The first-order valence-corrected chi connectivity index (χ1v) is 11.8. The van der Waals surface area contributed by atoms with E-state index in [-0.39, 0.29) is 11.9 Å². The fraction of sp³-hybridized carbons (Fsp3) is 0.318. The van der Waals surface area contributed by atoms with Gasteiger partial charge >= 0.3 is 0 Å². The first-order chi connectivity index (χ1) is 14.2. The first kappa shape index (κ1) is 18.6. The summed E-state index contributed by atoms with van der Waals surface area (Å²) in [5.74, 6) is 1.43. The molecule has 0 radical (unpaired) electrons. The third-order valence-electron chi connectivity index (χ3n) is 5.29. The molecule has 0 saturated carbocycles. The summed E-state index contributed by atoms with van der Waals surface area (Å²) in [7, 11) is 0. The van der Waals surface area contributed by atoms with Crippen LogP contribution in [-0.2, 0) is 10.5 Å². The lowest BCUT2D eigenvalue weighted by atomic mass is 10.2. The lowest BCUT2D eigenvalue weighted by Gasteiger charge is -2.22. The Kier molecular flexibility index (Phi) is 5.01. The number of rotatable bonds is 5. The number of nitrogens with zero attached hydrogens (tertiary/aromatic N) is 4. The number of carbonyl (C=O) groups excluding carboxylic acids is 1. The van der Waals surface area contributed by atoms with Crippen molar-refractivity contribution < 1.29 is 4.79 Å². The molecule has 4 heterocycles. The minimum absolute atomic E-state index is 0.124. The van der Waals surface area contributed by atoms with Gasteiger partial charge in [0.25, 0.3) is 0 Å². The zero-order chi connectivity index (χ0) is 19.8. The lowest BCUT2D eigenvalue weighted by Crippen LogP contribution is -2.31. The van der Waals surface area contributed by atoms with Gasteiger partial charge < -0.3 is 9.30 Å². The Balaban J connectivity index is 1.23. The SMILES string of the molecule is Cc1ccc2nc(CSCC(=O)N3CCCC3c3nc4ccccc4s3)cn2c1. The van der Waals surface area contributed by atoms with Gasteiger partial charge in [-0.05, 0) is 43.5 Å². The summed E-state index contributed by atoms with van der Waals surface area (Å²) in [4.78, 5) is 24.4. The molecule has 1 unspecified atom stereocenters. The number of benzene rings is 1. The molecule has 4 aromatic rings. The third kappa shape index (κ3) is 3.76. The average Bonchev–Trinajstić information content (AvgIpc) is 3.44. The normalized spacial score (nSPS) is 16.9. The predicted octanol–water partition coefficient (Wildman–Crippen LogP) is 4.85. The number of thiazole rings is 1. The molecule has 1 atom stereocenters. The van der Waals surface area contributed by atoms with Crippen LogP contribution in [0.15, 0.2) is 48.8 Å². The van der Waals surface area contributed by atoms with Gasteiger partial charge in [-0.3, -0.25) is 4.79 Å².